The third-order valence-corrected chi connectivity index (χ3v) is 4.61. The lowest BCUT2D eigenvalue weighted by atomic mass is 10.1. The number of rotatable bonds is 3. The summed E-state index contributed by atoms with van der Waals surface area (Å²) in [6.45, 7) is 3.37. The highest BCUT2D eigenvalue weighted by Crippen LogP contribution is 2.27. The quantitative estimate of drug-likeness (QED) is 0.610. The second kappa shape index (κ2) is 7.46. The van der Waals surface area contributed by atoms with Crippen LogP contribution in [0.1, 0.15) is 31.8 Å². The van der Waals surface area contributed by atoms with Crippen molar-refractivity contribution in [3.05, 3.63) is 63.7 Å². The van der Waals surface area contributed by atoms with Crippen LogP contribution in [0.3, 0.4) is 0 Å². The van der Waals surface area contributed by atoms with E-state index in [0.717, 1.165) is 16.0 Å². The van der Waals surface area contributed by atoms with Crippen LogP contribution in [0.5, 0.6) is 0 Å². The molecule has 0 saturated heterocycles. The van der Waals surface area contributed by atoms with Crippen molar-refractivity contribution in [2.24, 2.45) is 0 Å². The highest BCUT2D eigenvalue weighted by molar-refractivity contribution is 7.80. The van der Waals surface area contributed by atoms with Crippen LogP contribution < -0.4 is 10.6 Å². The first kappa shape index (κ1) is 19.0. The van der Waals surface area contributed by atoms with Crippen molar-refractivity contribution >= 4 is 52.3 Å². The number of carbonyl (C=O) groups is 3. The van der Waals surface area contributed by atoms with Crippen molar-refractivity contribution in [3.8, 4) is 0 Å². The van der Waals surface area contributed by atoms with E-state index in [1.807, 2.05) is 19.9 Å². The molecule has 6 nitrogen and oxygen atoms in total. The largest absolute Gasteiger partial charge is 0.331 e. The Hall–Kier alpha value is -2.77. The van der Waals surface area contributed by atoms with E-state index in [9.17, 15) is 14.4 Å². The van der Waals surface area contributed by atoms with Gasteiger partial charge in [-0.3, -0.25) is 19.3 Å². The lowest BCUT2D eigenvalue weighted by molar-refractivity contribution is -0.120. The molecule has 2 aromatic rings. The van der Waals surface area contributed by atoms with Gasteiger partial charge in [-0.25, -0.2) is 0 Å². The van der Waals surface area contributed by atoms with Gasteiger partial charge < -0.3 is 10.6 Å². The van der Waals surface area contributed by atoms with Crippen LogP contribution >= 0.6 is 23.8 Å². The van der Waals surface area contributed by atoms with E-state index in [2.05, 4.69) is 10.6 Å². The van der Waals surface area contributed by atoms with Crippen molar-refractivity contribution in [3.63, 3.8) is 0 Å². The average Bonchev–Trinajstić information content (AvgIpc) is 2.83. The summed E-state index contributed by atoms with van der Waals surface area (Å²) < 4.78 is 0. The van der Waals surface area contributed by atoms with Gasteiger partial charge in [0.25, 0.3) is 11.8 Å². The zero-order chi connectivity index (χ0) is 19.7. The maximum Gasteiger partial charge on any atom is 0.262 e. The number of carbonyl (C=O) groups excluding carboxylic acids is 3. The molecular formula is C19H16ClN3O3S. The summed E-state index contributed by atoms with van der Waals surface area (Å²) in [7, 11) is 0. The van der Waals surface area contributed by atoms with Crippen molar-refractivity contribution < 1.29 is 14.4 Å². The van der Waals surface area contributed by atoms with E-state index in [1.165, 1.54) is 0 Å². The van der Waals surface area contributed by atoms with Crippen molar-refractivity contribution in [2.75, 3.05) is 11.9 Å². The summed E-state index contributed by atoms with van der Waals surface area (Å²) in [4.78, 5) is 37.7. The molecule has 0 unspecified atom stereocenters. The molecule has 138 valence electrons. The number of imide groups is 1. The zero-order valence-electron chi connectivity index (χ0n) is 14.6. The minimum atomic E-state index is -0.581. The molecule has 3 amide bonds. The lowest BCUT2D eigenvalue weighted by Crippen LogP contribution is -2.43. The smallest absolute Gasteiger partial charge is 0.262 e. The van der Waals surface area contributed by atoms with Gasteiger partial charge in [-0.1, -0.05) is 29.8 Å². The number of anilines is 1. The molecule has 0 radical (unpaired) electrons. The van der Waals surface area contributed by atoms with E-state index >= 15 is 0 Å². The Morgan fingerprint density at radius 2 is 1.70 bits per heavy atom. The van der Waals surface area contributed by atoms with Crippen LogP contribution in [0.15, 0.2) is 36.4 Å². The van der Waals surface area contributed by atoms with Crippen LogP contribution in [0.2, 0.25) is 5.02 Å². The Morgan fingerprint density at radius 1 is 1.11 bits per heavy atom. The van der Waals surface area contributed by atoms with Crippen LogP contribution in [-0.4, -0.2) is 34.3 Å². The molecule has 3 rings (SSSR count). The number of fused-ring (bicyclic) bond motifs is 1. The van der Waals surface area contributed by atoms with E-state index in [-0.39, 0.29) is 16.2 Å². The molecule has 1 aliphatic rings. The summed E-state index contributed by atoms with van der Waals surface area (Å²) in [6.07, 6.45) is 0. The Labute approximate surface area is 166 Å². The van der Waals surface area contributed by atoms with Crippen molar-refractivity contribution in [1.29, 1.82) is 0 Å². The summed E-state index contributed by atoms with van der Waals surface area (Å²) in [5, 5.41) is 5.86. The van der Waals surface area contributed by atoms with Gasteiger partial charge in [0.1, 0.15) is 6.54 Å². The minimum Gasteiger partial charge on any atom is -0.331 e. The molecule has 0 saturated carbocycles. The Balaban J connectivity index is 1.64. The molecule has 2 aromatic carbocycles. The number of halogens is 1. The van der Waals surface area contributed by atoms with Gasteiger partial charge in [-0.15, -0.1) is 0 Å². The number of hydrogen-bond acceptors (Lipinski definition) is 4. The summed E-state index contributed by atoms with van der Waals surface area (Å²) in [5.41, 5.74) is 3.05. The molecule has 0 atom stereocenters. The van der Waals surface area contributed by atoms with E-state index < -0.39 is 24.3 Å². The monoisotopic (exact) mass is 401 g/mol. The third-order valence-electron chi connectivity index (χ3n) is 4.10. The van der Waals surface area contributed by atoms with Gasteiger partial charge in [0.05, 0.1) is 21.8 Å². The Morgan fingerprint density at radius 3 is 2.26 bits per heavy atom. The highest BCUT2D eigenvalue weighted by atomic mass is 35.5. The van der Waals surface area contributed by atoms with Crippen LogP contribution in [0, 0.1) is 13.8 Å². The van der Waals surface area contributed by atoms with Gasteiger partial charge in [0, 0.05) is 0 Å². The number of aryl methyl sites for hydroxylation is 2. The van der Waals surface area contributed by atoms with Crippen LogP contribution in [0.4, 0.5) is 5.69 Å². The molecule has 0 fully saturated rings. The zero-order valence-corrected chi connectivity index (χ0v) is 16.2. The highest BCUT2D eigenvalue weighted by Gasteiger charge is 2.36. The molecule has 2 N–H and O–H groups in total. The van der Waals surface area contributed by atoms with Gasteiger partial charge in [-0.2, -0.15) is 0 Å². The van der Waals surface area contributed by atoms with Crippen molar-refractivity contribution in [2.45, 2.75) is 13.8 Å². The van der Waals surface area contributed by atoms with Crippen molar-refractivity contribution in [1.82, 2.24) is 10.2 Å². The van der Waals surface area contributed by atoms with E-state index in [4.69, 9.17) is 23.8 Å². The summed E-state index contributed by atoms with van der Waals surface area (Å²) >= 11 is 11.4. The number of benzene rings is 2. The Bertz CT molecular complexity index is 932. The van der Waals surface area contributed by atoms with Gasteiger partial charge in [0.2, 0.25) is 5.91 Å². The first-order valence-electron chi connectivity index (χ1n) is 8.10. The first-order valence-corrected chi connectivity index (χ1v) is 8.89. The van der Waals surface area contributed by atoms with Gasteiger partial charge >= 0.3 is 0 Å². The molecular weight excluding hydrogens is 386 g/mol. The fourth-order valence-corrected chi connectivity index (χ4v) is 3.50. The molecule has 1 heterocycles. The standard InChI is InChI=1S/C19H16ClN3O3S/c1-10-7-11(2)16(14(20)8-10)22-19(27)21-15(24)9-23-17(25)12-5-3-4-6-13(12)18(23)26/h3-8H,9H2,1-2H3,(H2,21,22,24,27). The molecule has 27 heavy (non-hydrogen) atoms. The van der Waals surface area contributed by atoms with Crippen LogP contribution in [-0.2, 0) is 4.79 Å². The number of nitrogens with zero attached hydrogens (tertiary/aromatic N) is 1. The predicted molar refractivity (Wildman–Crippen MR) is 107 cm³/mol. The summed E-state index contributed by atoms with van der Waals surface area (Å²) in [6, 6.07) is 10.2. The van der Waals surface area contributed by atoms with E-state index in [1.54, 1.807) is 30.3 Å². The third kappa shape index (κ3) is 3.84. The molecule has 0 aromatic heterocycles. The minimum absolute atomic E-state index is 0.0328. The topological polar surface area (TPSA) is 78.5 Å². The van der Waals surface area contributed by atoms with Gasteiger partial charge in [0.15, 0.2) is 5.11 Å². The predicted octanol–water partition coefficient (Wildman–Crippen LogP) is 3.07. The fraction of sp³-hybridized carbons (Fsp3) is 0.158. The maximum absolute atomic E-state index is 12.3. The molecule has 0 aliphatic carbocycles. The second-order valence-electron chi connectivity index (χ2n) is 6.18. The lowest BCUT2D eigenvalue weighted by Gasteiger charge is -2.16. The number of thiocarbonyl (C=S) groups is 1. The van der Waals surface area contributed by atoms with E-state index in [0.29, 0.717) is 10.7 Å². The number of amides is 3. The molecule has 1 aliphatic heterocycles. The maximum atomic E-state index is 12.3. The molecule has 0 bridgehead atoms. The van der Waals surface area contributed by atoms with Crippen LogP contribution in [0.25, 0.3) is 0 Å². The number of nitrogens with one attached hydrogen (secondary N) is 2. The molecule has 0 spiro atoms. The first-order chi connectivity index (χ1) is 12.8. The number of hydrogen-bond donors (Lipinski definition) is 2. The average molecular weight is 402 g/mol. The Kier molecular flexibility index (Phi) is 5.25. The summed E-state index contributed by atoms with van der Waals surface area (Å²) in [5.74, 6) is -1.58. The molecule has 8 heteroatoms. The van der Waals surface area contributed by atoms with Gasteiger partial charge in [-0.05, 0) is 55.4 Å². The fourth-order valence-electron chi connectivity index (χ4n) is 2.91. The second-order valence-corrected chi connectivity index (χ2v) is 7.00. The normalized spacial score (nSPS) is 12.8. The SMILES string of the molecule is Cc1cc(C)c(NC(=S)NC(=O)CN2C(=O)c3ccccc3C2=O)c(Cl)c1.